The topological polar surface area (TPSA) is 98.7 Å². The molecule has 0 aliphatic carbocycles. The van der Waals surface area contributed by atoms with E-state index in [1.54, 1.807) is 50.0 Å². The Morgan fingerprint density at radius 3 is 2.70 bits per heavy atom. The fraction of sp³-hybridized carbons (Fsp3) is 0.238. The molecule has 1 N–H and O–H groups in total. The Morgan fingerprint density at radius 1 is 1.33 bits per heavy atom. The Labute approximate surface area is 175 Å². The van der Waals surface area contributed by atoms with Crippen LogP contribution in [0.5, 0.6) is 5.75 Å². The van der Waals surface area contributed by atoms with Crippen LogP contribution in [0.3, 0.4) is 0 Å². The van der Waals surface area contributed by atoms with Crippen molar-refractivity contribution in [3.8, 4) is 5.75 Å². The van der Waals surface area contributed by atoms with Crippen LogP contribution in [0.4, 0.5) is 0 Å². The molecule has 1 aliphatic rings. The van der Waals surface area contributed by atoms with Crippen molar-refractivity contribution in [2.45, 2.75) is 19.9 Å². The van der Waals surface area contributed by atoms with E-state index in [-0.39, 0.29) is 17.9 Å². The largest absolute Gasteiger partial charge is 0.508 e. The third-order valence-corrected chi connectivity index (χ3v) is 5.73. The van der Waals surface area contributed by atoms with Crippen LogP contribution in [0.15, 0.2) is 57.7 Å². The van der Waals surface area contributed by atoms with Gasteiger partial charge >= 0.3 is 5.97 Å². The van der Waals surface area contributed by atoms with Crippen molar-refractivity contribution in [2.24, 2.45) is 12.0 Å². The summed E-state index contributed by atoms with van der Waals surface area (Å²) < 4.78 is 8.91. The highest BCUT2D eigenvalue weighted by molar-refractivity contribution is 7.07. The molecule has 0 spiro atoms. The summed E-state index contributed by atoms with van der Waals surface area (Å²) in [6.45, 7) is 3.67. The highest BCUT2D eigenvalue weighted by atomic mass is 32.1. The van der Waals surface area contributed by atoms with Gasteiger partial charge in [-0.05, 0) is 37.6 Å². The number of ether oxygens (including phenoxy) is 1. The van der Waals surface area contributed by atoms with Gasteiger partial charge in [0.25, 0.3) is 5.56 Å². The van der Waals surface area contributed by atoms with E-state index in [2.05, 4.69) is 10.1 Å². The Kier molecular flexibility index (Phi) is 5.13. The molecule has 2 aromatic heterocycles. The lowest BCUT2D eigenvalue weighted by molar-refractivity contribution is -0.139. The van der Waals surface area contributed by atoms with E-state index in [1.807, 2.05) is 6.20 Å². The second-order valence-electron chi connectivity index (χ2n) is 6.84. The first-order chi connectivity index (χ1) is 14.4. The molecule has 1 atom stereocenters. The molecule has 0 radical (unpaired) electrons. The normalized spacial score (nSPS) is 16.4. The maximum Gasteiger partial charge on any atom is 0.338 e. The predicted molar refractivity (Wildman–Crippen MR) is 112 cm³/mol. The van der Waals surface area contributed by atoms with Gasteiger partial charge in [-0.15, -0.1) is 0 Å². The highest BCUT2D eigenvalue weighted by Crippen LogP contribution is 2.31. The first kappa shape index (κ1) is 19.8. The molecule has 8 nitrogen and oxygen atoms in total. The fourth-order valence-corrected chi connectivity index (χ4v) is 4.48. The summed E-state index contributed by atoms with van der Waals surface area (Å²) >= 11 is 1.25. The zero-order valence-corrected chi connectivity index (χ0v) is 17.5. The number of hydrogen-bond donors (Lipinski definition) is 1. The predicted octanol–water partition coefficient (Wildman–Crippen LogP) is 1.24. The van der Waals surface area contributed by atoms with E-state index in [1.165, 1.54) is 28.0 Å². The van der Waals surface area contributed by atoms with Gasteiger partial charge in [-0.1, -0.05) is 23.5 Å². The van der Waals surface area contributed by atoms with E-state index >= 15 is 0 Å². The van der Waals surface area contributed by atoms with Crippen LogP contribution in [-0.2, 0) is 16.6 Å². The van der Waals surface area contributed by atoms with Crippen LogP contribution in [0, 0.1) is 0 Å². The summed E-state index contributed by atoms with van der Waals surface area (Å²) in [7, 11) is 1.80. The molecule has 1 aliphatic heterocycles. The van der Waals surface area contributed by atoms with Gasteiger partial charge < -0.3 is 9.84 Å². The van der Waals surface area contributed by atoms with E-state index in [9.17, 15) is 14.7 Å². The quantitative estimate of drug-likeness (QED) is 0.636. The van der Waals surface area contributed by atoms with Crippen molar-refractivity contribution >= 4 is 23.4 Å². The van der Waals surface area contributed by atoms with Crippen molar-refractivity contribution in [3.63, 3.8) is 0 Å². The van der Waals surface area contributed by atoms with Gasteiger partial charge in [0, 0.05) is 18.8 Å². The van der Waals surface area contributed by atoms with Gasteiger partial charge in [0.05, 0.1) is 34.6 Å². The number of aromatic hydroxyl groups is 1. The fourth-order valence-electron chi connectivity index (χ4n) is 3.43. The number of benzene rings is 1. The Balaban J connectivity index is 1.96. The van der Waals surface area contributed by atoms with Crippen LogP contribution in [0.1, 0.15) is 31.0 Å². The third kappa shape index (κ3) is 3.48. The van der Waals surface area contributed by atoms with Crippen LogP contribution in [-0.4, -0.2) is 32.0 Å². The molecule has 0 saturated heterocycles. The second kappa shape index (κ2) is 7.75. The minimum atomic E-state index is -0.697. The molecule has 4 rings (SSSR count). The van der Waals surface area contributed by atoms with Crippen LogP contribution in [0.25, 0.3) is 6.08 Å². The minimum Gasteiger partial charge on any atom is -0.508 e. The molecule has 3 heterocycles. The van der Waals surface area contributed by atoms with Crippen molar-refractivity contribution in [3.05, 3.63) is 78.7 Å². The average molecular weight is 424 g/mol. The molecule has 3 aromatic rings. The first-order valence-corrected chi connectivity index (χ1v) is 10.2. The standard InChI is InChI=1S/C21H20N4O4S/c1-4-29-20(28)17-12(2)23-21-25(18(17)14-5-7-15(26)8-6-14)19(27)16(30-21)9-13-10-22-24(3)11-13/h5-11,18,26H,4H2,1-3H3/b16-9+. The lowest BCUT2D eigenvalue weighted by Gasteiger charge is -2.24. The highest BCUT2D eigenvalue weighted by Gasteiger charge is 2.33. The molecule has 0 fully saturated rings. The number of carbonyl (C=O) groups is 1. The summed E-state index contributed by atoms with van der Waals surface area (Å²) in [4.78, 5) is 31.1. The minimum absolute atomic E-state index is 0.0983. The molecule has 0 bridgehead atoms. The van der Waals surface area contributed by atoms with Crippen molar-refractivity contribution < 1.29 is 14.6 Å². The zero-order valence-electron chi connectivity index (χ0n) is 16.7. The van der Waals surface area contributed by atoms with Gasteiger partial charge in [-0.3, -0.25) is 14.0 Å². The molecular weight excluding hydrogens is 404 g/mol. The summed E-state index contributed by atoms with van der Waals surface area (Å²) in [5, 5.41) is 13.8. The second-order valence-corrected chi connectivity index (χ2v) is 7.85. The number of esters is 1. The maximum absolute atomic E-state index is 13.3. The van der Waals surface area contributed by atoms with Gasteiger partial charge in [0.1, 0.15) is 5.75 Å². The van der Waals surface area contributed by atoms with Gasteiger partial charge in [0.2, 0.25) is 0 Å². The monoisotopic (exact) mass is 424 g/mol. The van der Waals surface area contributed by atoms with Gasteiger partial charge in [0.15, 0.2) is 4.80 Å². The van der Waals surface area contributed by atoms with Crippen molar-refractivity contribution in [1.82, 2.24) is 14.3 Å². The molecular formula is C21H20N4O4S. The number of thiazole rings is 1. The number of carbonyl (C=O) groups excluding carboxylic acids is 1. The molecule has 154 valence electrons. The third-order valence-electron chi connectivity index (χ3n) is 4.75. The zero-order chi connectivity index (χ0) is 21.4. The number of aryl methyl sites for hydroxylation is 1. The Bertz CT molecular complexity index is 1330. The van der Waals surface area contributed by atoms with Crippen molar-refractivity contribution in [1.29, 1.82) is 0 Å². The smallest absolute Gasteiger partial charge is 0.338 e. The number of allylic oxidation sites excluding steroid dienone is 1. The van der Waals surface area contributed by atoms with E-state index < -0.39 is 12.0 Å². The number of aromatic nitrogens is 3. The first-order valence-electron chi connectivity index (χ1n) is 9.36. The molecule has 1 aromatic carbocycles. The number of phenols is 1. The number of rotatable bonds is 4. The Hall–Kier alpha value is -3.46. The summed E-state index contributed by atoms with van der Waals surface area (Å²) in [6.07, 6.45) is 5.24. The van der Waals surface area contributed by atoms with E-state index in [0.717, 1.165) is 5.56 Å². The lowest BCUT2D eigenvalue weighted by atomic mass is 9.96. The van der Waals surface area contributed by atoms with Gasteiger partial charge in [-0.2, -0.15) is 5.10 Å². The molecule has 30 heavy (non-hydrogen) atoms. The summed E-state index contributed by atoms with van der Waals surface area (Å²) in [5.41, 5.74) is 2.03. The van der Waals surface area contributed by atoms with E-state index in [0.29, 0.717) is 26.2 Å². The maximum atomic E-state index is 13.3. The number of nitrogens with zero attached hydrogens (tertiary/aromatic N) is 4. The van der Waals surface area contributed by atoms with Gasteiger partial charge in [-0.25, -0.2) is 9.79 Å². The average Bonchev–Trinajstić information content (AvgIpc) is 3.24. The SMILES string of the molecule is CCOC(=O)C1=C(C)N=c2s/c(=C/c3cnn(C)c3)c(=O)n2C1c1ccc(O)cc1. The number of hydrogen-bond acceptors (Lipinski definition) is 7. The number of fused-ring (bicyclic) bond motifs is 1. The Morgan fingerprint density at radius 2 is 2.07 bits per heavy atom. The molecule has 9 heteroatoms. The lowest BCUT2D eigenvalue weighted by Crippen LogP contribution is -2.39. The van der Waals surface area contributed by atoms with Crippen LogP contribution in [0.2, 0.25) is 0 Å². The molecule has 1 unspecified atom stereocenters. The van der Waals surface area contributed by atoms with Crippen molar-refractivity contribution in [2.75, 3.05) is 6.61 Å². The summed E-state index contributed by atoms with van der Waals surface area (Å²) in [5.74, 6) is -0.417. The molecule has 0 saturated carbocycles. The van der Waals surface area contributed by atoms with E-state index in [4.69, 9.17) is 4.74 Å². The number of phenolic OH excluding ortho intramolecular Hbond substituents is 1. The summed E-state index contributed by atoms with van der Waals surface area (Å²) in [6, 6.07) is 5.74. The van der Waals surface area contributed by atoms with Crippen LogP contribution >= 0.6 is 11.3 Å². The molecule has 0 amide bonds. The van der Waals surface area contributed by atoms with Crippen LogP contribution < -0.4 is 14.9 Å².